The molecule has 1 fully saturated rings. The Bertz CT molecular complexity index is 932. The molecule has 0 saturated heterocycles. The van der Waals surface area contributed by atoms with E-state index >= 15 is 0 Å². The van der Waals surface area contributed by atoms with Crippen LogP contribution < -0.4 is 10.1 Å². The predicted octanol–water partition coefficient (Wildman–Crippen LogP) is 4.49. The molecule has 5 heteroatoms. The van der Waals surface area contributed by atoms with Gasteiger partial charge in [-0.1, -0.05) is 56.0 Å². The van der Waals surface area contributed by atoms with E-state index in [0.29, 0.717) is 18.5 Å². The van der Waals surface area contributed by atoms with Crippen molar-refractivity contribution in [3.63, 3.8) is 0 Å². The third-order valence-electron chi connectivity index (χ3n) is 6.80. The van der Waals surface area contributed by atoms with Crippen LogP contribution in [-0.2, 0) is 17.8 Å². The fourth-order valence-corrected chi connectivity index (χ4v) is 4.85. The van der Waals surface area contributed by atoms with Crippen LogP contribution >= 0.6 is 0 Å². The van der Waals surface area contributed by atoms with Crippen molar-refractivity contribution < 1.29 is 14.3 Å². The van der Waals surface area contributed by atoms with Gasteiger partial charge >= 0.3 is 0 Å². The second-order valence-electron chi connectivity index (χ2n) is 9.01. The molecular formula is C26H32N2O3. The van der Waals surface area contributed by atoms with Gasteiger partial charge in [0.1, 0.15) is 11.3 Å². The molecule has 31 heavy (non-hydrogen) atoms. The standard InChI is InChI=1S/C26H32N2O3/c1-26(25(30)27-21-10-5-3-4-6-11-21)17-20-9-7-8-12-23(20)24(29)28(26)18-19-13-15-22(31-2)16-14-19/h7-9,12-16,21H,3-6,10-11,17-18H2,1-2H3,(H,27,30)/t26-/m0/s1. The van der Waals surface area contributed by atoms with Gasteiger partial charge in [0.15, 0.2) is 0 Å². The van der Waals surface area contributed by atoms with Crippen LogP contribution in [0.2, 0.25) is 0 Å². The van der Waals surface area contributed by atoms with E-state index in [1.165, 1.54) is 12.8 Å². The van der Waals surface area contributed by atoms with E-state index in [9.17, 15) is 9.59 Å². The van der Waals surface area contributed by atoms with Crippen LogP contribution in [0.1, 0.15) is 66.9 Å². The van der Waals surface area contributed by atoms with Crippen molar-refractivity contribution in [2.24, 2.45) is 0 Å². The summed E-state index contributed by atoms with van der Waals surface area (Å²) in [5.74, 6) is 0.639. The van der Waals surface area contributed by atoms with Gasteiger partial charge in [-0.05, 0) is 49.1 Å². The second kappa shape index (κ2) is 9.13. The first-order chi connectivity index (χ1) is 15.0. The second-order valence-corrected chi connectivity index (χ2v) is 9.01. The Morgan fingerprint density at radius 2 is 1.74 bits per heavy atom. The Morgan fingerprint density at radius 1 is 1.06 bits per heavy atom. The Balaban J connectivity index is 1.64. The molecule has 1 heterocycles. The SMILES string of the molecule is COc1ccc(CN2C(=O)c3ccccc3C[C@@]2(C)C(=O)NC2CCCCCC2)cc1. The molecule has 0 radical (unpaired) electrons. The highest BCUT2D eigenvalue weighted by Crippen LogP contribution is 2.33. The van der Waals surface area contributed by atoms with Crippen LogP contribution in [0.15, 0.2) is 48.5 Å². The number of hydrogen-bond acceptors (Lipinski definition) is 3. The van der Waals surface area contributed by atoms with Crippen molar-refractivity contribution in [1.29, 1.82) is 0 Å². The molecule has 2 aromatic carbocycles. The summed E-state index contributed by atoms with van der Waals surface area (Å²) in [7, 11) is 1.63. The number of fused-ring (bicyclic) bond motifs is 1. The lowest BCUT2D eigenvalue weighted by Gasteiger charge is -2.44. The Hall–Kier alpha value is -2.82. The molecule has 2 aliphatic rings. The topological polar surface area (TPSA) is 58.6 Å². The lowest BCUT2D eigenvalue weighted by molar-refractivity contribution is -0.132. The summed E-state index contributed by atoms with van der Waals surface area (Å²) in [6.07, 6.45) is 7.33. The number of benzene rings is 2. The minimum atomic E-state index is -0.933. The van der Waals surface area contributed by atoms with Gasteiger partial charge in [-0.2, -0.15) is 0 Å². The van der Waals surface area contributed by atoms with E-state index < -0.39 is 5.54 Å². The number of carbonyl (C=O) groups excluding carboxylic acids is 2. The van der Waals surface area contributed by atoms with Gasteiger partial charge in [0.25, 0.3) is 5.91 Å². The van der Waals surface area contributed by atoms with Gasteiger partial charge in [0.2, 0.25) is 5.91 Å². The number of carbonyl (C=O) groups is 2. The number of ether oxygens (including phenoxy) is 1. The fraction of sp³-hybridized carbons (Fsp3) is 0.462. The van der Waals surface area contributed by atoms with Crippen LogP contribution in [0.5, 0.6) is 5.75 Å². The molecule has 1 aliphatic heterocycles. The quantitative estimate of drug-likeness (QED) is 0.725. The smallest absolute Gasteiger partial charge is 0.255 e. The van der Waals surface area contributed by atoms with Crippen LogP contribution in [0.3, 0.4) is 0 Å². The number of rotatable bonds is 5. The molecule has 5 nitrogen and oxygen atoms in total. The maximum absolute atomic E-state index is 13.6. The van der Waals surface area contributed by atoms with Crippen molar-refractivity contribution in [2.75, 3.05) is 7.11 Å². The largest absolute Gasteiger partial charge is 0.497 e. The zero-order valence-electron chi connectivity index (χ0n) is 18.5. The molecule has 0 aromatic heterocycles. The summed E-state index contributed by atoms with van der Waals surface area (Å²) in [6.45, 7) is 2.29. The first-order valence-corrected chi connectivity index (χ1v) is 11.3. The van der Waals surface area contributed by atoms with Crippen LogP contribution in [0, 0.1) is 0 Å². The van der Waals surface area contributed by atoms with Crippen molar-refractivity contribution in [2.45, 2.75) is 70.0 Å². The molecule has 0 bridgehead atoms. The lowest BCUT2D eigenvalue weighted by Crippen LogP contribution is -2.63. The molecule has 4 rings (SSSR count). The number of methoxy groups -OCH3 is 1. The molecule has 2 aromatic rings. The average Bonchev–Trinajstić information content (AvgIpc) is 3.05. The number of nitrogens with zero attached hydrogens (tertiary/aromatic N) is 1. The summed E-state index contributed by atoms with van der Waals surface area (Å²) in [5, 5.41) is 3.30. The normalized spacial score (nSPS) is 21.9. The summed E-state index contributed by atoms with van der Waals surface area (Å²) in [6, 6.07) is 15.5. The number of hydrogen-bond donors (Lipinski definition) is 1. The fourth-order valence-electron chi connectivity index (χ4n) is 4.85. The molecule has 1 aliphatic carbocycles. The van der Waals surface area contributed by atoms with E-state index in [-0.39, 0.29) is 17.9 Å². The van der Waals surface area contributed by atoms with Crippen LogP contribution in [-0.4, -0.2) is 35.4 Å². The number of nitrogens with one attached hydrogen (secondary N) is 1. The number of amides is 2. The van der Waals surface area contributed by atoms with E-state index in [2.05, 4.69) is 5.32 Å². The lowest BCUT2D eigenvalue weighted by atomic mass is 9.82. The van der Waals surface area contributed by atoms with Gasteiger partial charge in [-0.15, -0.1) is 0 Å². The molecule has 2 amide bonds. The first kappa shape index (κ1) is 21.4. The van der Waals surface area contributed by atoms with Crippen LogP contribution in [0.25, 0.3) is 0 Å². The van der Waals surface area contributed by atoms with E-state index in [4.69, 9.17) is 4.74 Å². The Kier molecular flexibility index (Phi) is 6.30. The highest BCUT2D eigenvalue weighted by molar-refractivity contribution is 6.02. The third-order valence-corrected chi connectivity index (χ3v) is 6.80. The Labute approximate surface area is 184 Å². The molecule has 0 spiro atoms. The summed E-state index contributed by atoms with van der Waals surface area (Å²) in [5.41, 5.74) is 1.67. The predicted molar refractivity (Wildman–Crippen MR) is 121 cm³/mol. The summed E-state index contributed by atoms with van der Waals surface area (Å²) >= 11 is 0. The van der Waals surface area contributed by atoms with Crippen LogP contribution in [0.4, 0.5) is 0 Å². The van der Waals surface area contributed by atoms with Crippen molar-refractivity contribution >= 4 is 11.8 Å². The highest BCUT2D eigenvalue weighted by Gasteiger charge is 2.47. The first-order valence-electron chi connectivity index (χ1n) is 11.3. The maximum atomic E-state index is 13.6. The molecule has 1 N–H and O–H groups in total. The molecule has 1 saturated carbocycles. The monoisotopic (exact) mass is 420 g/mol. The van der Waals surface area contributed by atoms with E-state index in [1.54, 1.807) is 12.0 Å². The van der Waals surface area contributed by atoms with Crippen molar-refractivity contribution in [3.8, 4) is 5.75 Å². The zero-order chi connectivity index (χ0) is 21.8. The minimum Gasteiger partial charge on any atom is -0.497 e. The van der Waals surface area contributed by atoms with Crippen molar-refractivity contribution in [1.82, 2.24) is 10.2 Å². The third kappa shape index (κ3) is 4.46. The molecule has 164 valence electrons. The van der Waals surface area contributed by atoms with Gasteiger partial charge in [-0.3, -0.25) is 9.59 Å². The van der Waals surface area contributed by atoms with E-state index in [0.717, 1.165) is 42.6 Å². The molecular weight excluding hydrogens is 388 g/mol. The molecule has 1 atom stereocenters. The molecule has 0 unspecified atom stereocenters. The van der Waals surface area contributed by atoms with E-state index in [1.807, 2.05) is 55.5 Å². The minimum absolute atomic E-state index is 0.0456. The Morgan fingerprint density at radius 3 is 2.42 bits per heavy atom. The maximum Gasteiger partial charge on any atom is 0.255 e. The van der Waals surface area contributed by atoms with Gasteiger partial charge < -0.3 is 15.0 Å². The summed E-state index contributed by atoms with van der Waals surface area (Å²) in [4.78, 5) is 28.9. The summed E-state index contributed by atoms with van der Waals surface area (Å²) < 4.78 is 5.26. The van der Waals surface area contributed by atoms with Crippen molar-refractivity contribution in [3.05, 3.63) is 65.2 Å². The zero-order valence-corrected chi connectivity index (χ0v) is 18.5. The van der Waals surface area contributed by atoms with Gasteiger partial charge in [-0.25, -0.2) is 0 Å². The highest BCUT2D eigenvalue weighted by atomic mass is 16.5. The van der Waals surface area contributed by atoms with Gasteiger partial charge in [0.05, 0.1) is 7.11 Å². The average molecular weight is 421 g/mol. The van der Waals surface area contributed by atoms with Gasteiger partial charge in [0, 0.05) is 24.6 Å².